The molecule has 0 aromatic heterocycles. The van der Waals surface area contributed by atoms with E-state index < -0.39 is 0 Å². The van der Waals surface area contributed by atoms with E-state index in [4.69, 9.17) is 5.73 Å². The highest BCUT2D eigenvalue weighted by molar-refractivity contribution is 5.76. The molecule has 3 N–H and O–H groups in total. The molecule has 1 rings (SSSR count). The average Bonchev–Trinajstić information content (AvgIpc) is 2.20. The van der Waals surface area contributed by atoms with Crippen LogP contribution in [0.3, 0.4) is 0 Å². The van der Waals surface area contributed by atoms with Crippen molar-refractivity contribution in [1.82, 2.24) is 5.32 Å². The molecule has 0 heterocycles. The maximum atomic E-state index is 11.2. The Bertz CT molecular complexity index is 347. The molecule has 0 unspecified atom stereocenters. The van der Waals surface area contributed by atoms with Gasteiger partial charge in [-0.25, -0.2) is 0 Å². The fourth-order valence-corrected chi connectivity index (χ4v) is 1.40. The summed E-state index contributed by atoms with van der Waals surface area (Å²) in [5, 5.41) is 2.85. The van der Waals surface area contributed by atoms with Crippen molar-refractivity contribution >= 4 is 5.91 Å². The summed E-state index contributed by atoms with van der Waals surface area (Å²) in [5.74, 6) is 0.0124. The zero-order chi connectivity index (χ0) is 11.3. The van der Waals surface area contributed by atoms with E-state index in [2.05, 4.69) is 23.5 Å². The molecule has 0 saturated heterocycles. The monoisotopic (exact) mass is 206 g/mol. The predicted octanol–water partition coefficient (Wildman–Crippen LogP) is 1.27. The Balaban J connectivity index is 2.57. The first-order valence-electron chi connectivity index (χ1n) is 5.16. The van der Waals surface area contributed by atoms with Crippen LogP contribution in [0.2, 0.25) is 0 Å². The van der Waals surface area contributed by atoms with Gasteiger partial charge in [0.25, 0.3) is 0 Å². The van der Waals surface area contributed by atoms with Gasteiger partial charge in [-0.2, -0.15) is 0 Å². The van der Waals surface area contributed by atoms with Gasteiger partial charge in [-0.3, -0.25) is 4.79 Å². The van der Waals surface area contributed by atoms with Crippen LogP contribution in [-0.2, 0) is 11.3 Å². The summed E-state index contributed by atoms with van der Waals surface area (Å²) < 4.78 is 0. The number of rotatable bonds is 4. The van der Waals surface area contributed by atoms with Gasteiger partial charge in [-0.1, -0.05) is 23.8 Å². The van der Waals surface area contributed by atoms with Crippen LogP contribution in [0.4, 0.5) is 0 Å². The molecule has 0 bridgehead atoms. The first-order valence-corrected chi connectivity index (χ1v) is 5.16. The average molecular weight is 206 g/mol. The second kappa shape index (κ2) is 5.51. The number of aryl methyl sites for hydroxylation is 2. The van der Waals surface area contributed by atoms with Crippen LogP contribution < -0.4 is 11.1 Å². The Kier molecular flexibility index (Phi) is 4.31. The van der Waals surface area contributed by atoms with Crippen molar-refractivity contribution in [1.29, 1.82) is 0 Å². The number of hydrogen-bond acceptors (Lipinski definition) is 2. The van der Waals surface area contributed by atoms with Crippen molar-refractivity contribution in [2.75, 3.05) is 6.54 Å². The van der Waals surface area contributed by atoms with Crippen molar-refractivity contribution in [3.63, 3.8) is 0 Å². The summed E-state index contributed by atoms with van der Waals surface area (Å²) in [6.07, 6.45) is 0.394. The lowest BCUT2D eigenvalue weighted by atomic mass is 10.1. The highest BCUT2D eigenvalue weighted by Crippen LogP contribution is 2.10. The van der Waals surface area contributed by atoms with Gasteiger partial charge in [0.1, 0.15) is 0 Å². The van der Waals surface area contributed by atoms with Gasteiger partial charge in [0.2, 0.25) is 5.91 Å². The molecule has 0 aliphatic heterocycles. The standard InChI is InChI=1S/C12H18N2O/c1-9-3-4-10(2)11(7-9)8-14-12(15)5-6-13/h3-4,7H,5-6,8,13H2,1-2H3,(H,14,15). The van der Waals surface area contributed by atoms with E-state index in [0.29, 0.717) is 19.5 Å². The SMILES string of the molecule is Cc1ccc(C)c(CNC(=O)CCN)c1. The molecule has 1 aromatic rings. The van der Waals surface area contributed by atoms with E-state index in [-0.39, 0.29) is 5.91 Å². The molecule has 0 fully saturated rings. The van der Waals surface area contributed by atoms with Gasteiger partial charge in [0.05, 0.1) is 0 Å². The summed E-state index contributed by atoms with van der Waals surface area (Å²) in [6, 6.07) is 6.23. The van der Waals surface area contributed by atoms with Gasteiger partial charge in [-0.05, 0) is 25.0 Å². The van der Waals surface area contributed by atoms with Crippen LogP contribution in [0.25, 0.3) is 0 Å². The molecule has 0 spiro atoms. The summed E-state index contributed by atoms with van der Waals surface area (Å²) >= 11 is 0. The smallest absolute Gasteiger partial charge is 0.221 e. The van der Waals surface area contributed by atoms with Crippen LogP contribution in [0, 0.1) is 13.8 Å². The summed E-state index contributed by atoms with van der Waals surface area (Å²) in [4.78, 5) is 11.2. The van der Waals surface area contributed by atoms with Crippen LogP contribution >= 0.6 is 0 Å². The van der Waals surface area contributed by atoms with Crippen molar-refractivity contribution in [3.8, 4) is 0 Å². The number of carbonyl (C=O) groups is 1. The Morgan fingerprint density at radius 1 is 1.40 bits per heavy atom. The van der Waals surface area contributed by atoms with Gasteiger partial charge in [0.15, 0.2) is 0 Å². The van der Waals surface area contributed by atoms with Crippen molar-refractivity contribution in [2.45, 2.75) is 26.8 Å². The number of carbonyl (C=O) groups excluding carboxylic acids is 1. The maximum Gasteiger partial charge on any atom is 0.221 e. The fourth-order valence-electron chi connectivity index (χ4n) is 1.40. The topological polar surface area (TPSA) is 55.1 Å². The van der Waals surface area contributed by atoms with Gasteiger partial charge in [0, 0.05) is 19.5 Å². The molecular weight excluding hydrogens is 188 g/mol. The minimum absolute atomic E-state index is 0.0124. The lowest BCUT2D eigenvalue weighted by Crippen LogP contribution is -2.25. The van der Waals surface area contributed by atoms with E-state index in [1.807, 2.05) is 13.8 Å². The number of nitrogens with one attached hydrogen (secondary N) is 1. The summed E-state index contributed by atoms with van der Waals surface area (Å²) in [6.45, 7) is 5.08. The Hall–Kier alpha value is -1.35. The molecule has 0 aliphatic carbocycles. The molecule has 15 heavy (non-hydrogen) atoms. The third kappa shape index (κ3) is 3.72. The quantitative estimate of drug-likeness (QED) is 0.779. The van der Waals surface area contributed by atoms with Crippen molar-refractivity contribution < 1.29 is 4.79 Å². The van der Waals surface area contributed by atoms with E-state index in [9.17, 15) is 4.79 Å². The van der Waals surface area contributed by atoms with Crippen LogP contribution in [-0.4, -0.2) is 12.5 Å². The fraction of sp³-hybridized carbons (Fsp3) is 0.417. The summed E-state index contributed by atoms with van der Waals surface area (Å²) in [7, 11) is 0. The lowest BCUT2D eigenvalue weighted by Gasteiger charge is -2.08. The van der Waals surface area contributed by atoms with Crippen LogP contribution in [0.15, 0.2) is 18.2 Å². The number of nitrogens with two attached hydrogens (primary N) is 1. The second-order valence-electron chi connectivity index (χ2n) is 3.75. The molecule has 0 aliphatic rings. The van der Waals surface area contributed by atoms with Crippen molar-refractivity contribution in [3.05, 3.63) is 34.9 Å². The largest absolute Gasteiger partial charge is 0.352 e. The van der Waals surface area contributed by atoms with E-state index in [1.54, 1.807) is 0 Å². The highest BCUT2D eigenvalue weighted by Gasteiger charge is 2.02. The predicted molar refractivity (Wildman–Crippen MR) is 61.4 cm³/mol. The van der Waals surface area contributed by atoms with Crippen LogP contribution in [0.5, 0.6) is 0 Å². The molecule has 0 saturated carbocycles. The first kappa shape index (κ1) is 11.7. The van der Waals surface area contributed by atoms with Crippen molar-refractivity contribution in [2.24, 2.45) is 5.73 Å². The third-order valence-electron chi connectivity index (χ3n) is 2.35. The van der Waals surface area contributed by atoms with Gasteiger partial charge < -0.3 is 11.1 Å². The molecule has 3 heteroatoms. The lowest BCUT2D eigenvalue weighted by molar-refractivity contribution is -0.121. The number of benzene rings is 1. The summed E-state index contributed by atoms with van der Waals surface area (Å²) in [5.41, 5.74) is 8.87. The minimum atomic E-state index is 0.0124. The molecule has 82 valence electrons. The molecule has 0 atom stereocenters. The zero-order valence-electron chi connectivity index (χ0n) is 9.34. The molecule has 1 amide bonds. The number of hydrogen-bond donors (Lipinski definition) is 2. The van der Waals surface area contributed by atoms with Crippen LogP contribution in [0.1, 0.15) is 23.1 Å². The van der Waals surface area contributed by atoms with E-state index in [0.717, 1.165) is 0 Å². The Labute approximate surface area is 90.7 Å². The first-order chi connectivity index (χ1) is 7.13. The zero-order valence-corrected chi connectivity index (χ0v) is 9.34. The van der Waals surface area contributed by atoms with E-state index >= 15 is 0 Å². The molecule has 3 nitrogen and oxygen atoms in total. The highest BCUT2D eigenvalue weighted by atomic mass is 16.1. The molecular formula is C12H18N2O. The minimum Gasteiger partial charge on any atom is -0.352 e. The Morgan fingerprint density at radius 2 is 2.13 bits per heavy atom. The Morgan fingerprint density at radius 3 is 2.80 bits per heavy atom. The van der Waals surface area contributed by atoms with Gasteiger partial charge in [-0.15, -0.1) is 0 Å². The second-order valence-corrected chi connectivity index (χ2v) is 3.75. The molecule has 1 aromatic carbocycles. The third-order valence-corrected chi connectivity index (χ3v) is 2.35. The maximum absolute atomic E-state index is 11.2. The van der Waals surface area contributed by atoms with Gasteiger partial charge >= 0.3 is 0 Å². The van der Waals surface area contributed by atoms with E-state index in [1.165, 1.54) is 16.7 Å². The number of amides is 1. The normalized spacial score (nSPS) is 10.1. The molecule has 0 radical (unpaired) electrons.